The van der Waals surface area contributed by atoms with Crippen LogP contribution in [0.4, 0.5) is 0 Å². The summed E-state index contributed by atoms with van der Waals surface area (Å²) in [4.78, 5) is 35.0. The van der Waals surface area contributed by atoms with E-state index in [2.05, 4.69) is 13.2 Å². The average Bonchev–Trinajstić information content (AvgIpc) is 2.68. The van der Waals surface area contributed by atoms with Crippen LogP contribution in [0.5, 0.6) is 0 Å². The molecule has 0 saturated heterocycles. The molecule has 1 atom stereocenters. The summed E-state index contributed by atoms with van der Waals surface area (Å²) in [5.41, 5.74) is 1.21. The molecule has 0 aromatic carbocycles. The quantitative estimate of drug-likeness (QED) is 0.179. The highest BCUT2D eigenvalue weighted by Crippen LogP contribution is 2.19. The third-order valence-electron chi connectivity index (χ3n) is 3.23. The van der Waals surface area contributed by atoms with Gasteiger partial charge in [0.15, 0.2) is 5.12 Å². The second-order valence-electron chi connectivity index (χ2n) is 6.20. The molecule has 0 aliphatic carbocycles. The lowest BCUT2D eigenvalue weighted by Gasteiger charge is -2.09. The number of hydrogen-bond donors (Lipinski definition) is 0. The normalized spacial score (nSPS) is 11.8. The van der Waals surface area contributed by atoms with Crippen LogP contribution in [-0.2, 0) is 14.4 Å². The van der Waals surface area contributed by atoms with Crippen LogP contribution in [0.2, 0.25) is 0 Å². The molecule has 1 unspecified atom stereocenters. The molecule has 9 heteroatoms. The van der Waals surface area contributed by atoms with Gasteiger partial charge in [0.2, 0.25) is 10.2 Å². The Kier molecular flexibility index (Phi) is 19.7. The molecule has 166 valence electrons. The molecule has 0 spiro atoms. The molecular formula is C20H32O3S6. The molecule has 0 saturated carbocycles. The van der Waals surface area contributed by atoms with Gasteiger partial charge in [-0.1, -0.05) is 55.4 Å². The number of thioether (sulfide) groups is 6. The first kappa shape index (κ1) is 29.6. The van der Waals surface area contributed by atoms with Crippen LogP contribution >= 0.6 is 70.6 Å². The molecule has 0 aromatic rings. The van der Waals surface area contributed by atoms with Crippen molar-refractivity contribution >= 4 is 85.9 Å². The summed E-state index contributed by atoms with van der Waals surface area (Å²) in [7, 11) is 0. The minimum Gasteiger partial charge on any atom is -0.287 e. The van der Waals surface area contributed by atoms with Crippen LogP contribution in [0.25, 0.3) is 0 Å². The Morgan fingerprint density at radius 3 is 1.48 bits per heavy atom. The third kappa shape index (κ3) is 17.9. The van der Waals surface area contributed by atoms with Crippen LogP contribution < -0.4 is 0 Å². The fraction of sp³-hybridized carbons (Fsp3) is 0.650. The molecule has 0 N–H and O–H groups in total. The zero-order chi connectivity index (χ0) is 22.1. The fourth-order valence-corrected chi connectivity index (χ4v) is 7.60. The van der Waals surface area contributed by atoms with Gasteiger partial charge in [0.25, 0.3) is 0 Å². The highest BCUT2D eigenvalue weighted by molar-refractivity contribution is 8.15. The maximum Gasteiger partial charge on any atom is 0.214 e. The molecular weight excluding hydrogens is 481 g/mol. The van der Waals surface area contributed by atoms with Gasteiger partial charge in [-0.3, -0.25) is 14.4 Å². The Morgan fingerprint density at radius 1 is 0.655 bits per heavy atom. The van der Waals surface area contributed by atoms with E-state index in [-0.39, 0.29) is 21.3 Å². The van der Waals surface area contributed by atoms with Crippen LogP contribution in [0.15, 0.2) is 24.3 Å². The lowest BCUT2D eigenvalue weighted by molar-refractivity contribution is -0.113. The number of carbonyl (C=O) groups is 3. The largest absolute Gasteiger partial charge is 0.287 e. The van der Waals surface area contributed by atoms with Crippen molar-refractivity contribution in [3.8, 4) is 0 Å². The van der Waals surface area contributed by atoms with Crippen molar-refractivity contribution in [3.63, 3.8) is 0 Å². The molecule has 0 aliphatic heterocycles. The van der Waals surface area contributed by atoms with Crippen molar-refractivity contribution in [2.24, 2.45) is 5.92 Å². The molecule has 0 aliphatic rings. The van der Waals surface area contributed by atoms with Crippen molar-refractivity contribution in [1.29, 1.82) is 0 Å². The van der Waals surface area contributed by atoms with Crippen LogP contribution in [0.3, 0.4) is 0 Å². The van der Waals surface area contributed by atoms with Crippen molar-refractivity contribution < 1.29 is 14.4 Å². The topological polar surface area (TPSA) is 51.2 Å². The van der Waals surface area contributed by atoms with Gasteiger partial charge in [0, 0.05) is 57.7 Å². The summed E-state index contributed by atoms with van der Waals surface area (Å²) >= 11 is 9.54. The van der Waals surface area contributed by atoms with Crippen LogP contribution in [0.1, 0.15) is 20.8 Å². The summed E-state index contributed by atoms with van der Waals surface area (Å²) in [6.45, 7) is 12.8. The molecule has 29 heavy (non-hydrogen) atoms. The van der Waals surface area contributed by atoms with Gasteiger partial charge >= 0.3 is 0 Å². The molecule has 0 radical (unpaired) electrons. The average molecular weight is 513 g/mol. The van der Waals surface area contributed by atoms with Gasteiger partial charge in [0.1, 0.15) is 0 Å². The molecule has 0 bridgehead atoms. The molecule has 0 aromatic heterocycles. The van der Waals surface area contributed by atoms with E-state index in [1.54, 1.807) is 25.6 Å². The second kappa shape index (κ2) is 19.3. The molecule has 0 amide bonds. The Labute approximate surface area is 202 Å². The van der Waals surface area contributed by atoms with Gasteiger partial charge in [-0.25, -0.2) is 0 Å². The van der Waals surface area contributed by atoms with E-state index in [1.807, 2.05) is 30.4 Å². The molecule has 3 nitrogen and oxygen atoms in total. The Morgan fingerprint density at radius 2 is 1.03 bits per heavy atom. The highest BCUT2D eigenvalue weighted by atomic mass is 32.2. The van der Waals surface area contributed by atoms with Gasteiger partial charge in [-0.2, -0.15) is 35.3 Å². The zero-order valence-corrected chi connectivity index (χ0v) is 22.4. The summed E-state index contributed by atoms with van der Waals surface area (Å²) in [5, 5.41) is 0.420. The van der Waals surface area contributed by atoms with E-state index in [0.29, 0.717) is 11.1 Å². The zero-order valence-electron chi connectivity index (χ0n) is 17.5. The minimum atomic E-state index is 0.0663. The highest BCUT2D eigenvalue weighted by Gasteiger charge is 2.13. The maximum atomic E-state index is 12.2. The van der Waals surface area contributed by atoms with Crippen molar-refractivity contribution in [2.75, 3.05) is 51.8 Å². The third-order valence-corrected chi connectivity index (χ3v) is 10.6. The summed E-state index contributed by atoms with van der Waals surface area (Å²) in [6.07, 6.45) is 0. The SMILES string of the molecule is C=C(C)C(=O)SCCSCCSCC(C)C(=O)SCCSCCSC(=O)C(=C)C. The lowest BCUT2D eigenvalue weighted by atomic mass is 10.2. The predicted octanol–water partition coefficient (Wildman–Crippen LogP) is 5.75. The fourth-order valence-electron chi connectivity index (χ4n) is 1.63. The van der Waals surface area contributed by atoms with Gasteiger partial charge in [-0.05, 0) is 25.0 Å². The van der Waals surface area contributed by atoms with Crippen molar-refractivity contribution in [3.05, 3.63) is 24.3 Å². The van der Waals surface area contributed by atoms with Gasteiger partial charge < -0.3 is 0 Å². The molecule has 0 heterocycles. The first-order valence-corrected chi connectivity index (χ1v) is 15.7. The lowest BCUT2D eigenvalue weighted by Crippen LogP contribution is -2.11. The Bertz CT molecular complexity index is 550. The second-order valence-corrected chi connectivity index (χ2v) is 13.0. The van der Waals surface area contributed by atoms with Gasteiger partial charge in [0.05, 0.1) is 0 Å². The maximum absolute atomic E-state index is 12.2. The van der Waals surface area contributed by atoms with E-state index in [4.69, 9.17) is 0 Å². The monoisotopic (exact) mass is 512 g/mol. The van der Waals surface area contributed by atoms with Gasteiger partial charge in [-0.15, -0.1) is 0 Å². The minimum absolute atomic E-state index is 0.0663. The first-order valence-electron chi connectivity index (χ1n) is 9.30. The van der Waals surface area contributed by atoms with E-state index < -0.39 is 0 Å². The van der Waals surface area contributed by atoms with E-state index in [9.17, 15) is 14.4 Å². The summed E-state index contributed by atoms with van der Waals surface area (Å²) < 4.78 is 0. The first-order chi connectivity index (χ1) is 13.8. The summed E-state index contributed by atoms with van der Waals surface area (Å²) in [5.74, 6) is 8.28. The van der Waals surface area contributed by atoms with Crippen molar-refractivity contribution in [2.45, 2.75) is 20.8 Å². The van der Waals surface area contributed by atoms with E-state index in [0.717, 1.165) is 51.8 Å². The Balaban J connectivity index is 3.52. The smallest absolute Gasteiger partial charge is 0.214 e. The number of hydrogen-bond acceptors (Lipinski definition) is 9. The van der Waals surface area contributed by atoms with E-state index in [1.165, 1.54) is 35.3 Å². The van der Waals surface area contributed by atoms with Crippen molar-refractivity contribution in [1.82, 2.24) is 0 Å². The predicted molar refractivity (Wildman–Crippen MR) is 143 cm³/mol. The number of rotatable bonds is 17. The van der Waals surface area contributed by atoms with E-state index >= 15 is 0 Å². The van der Waals surface area contributed by atoms with Crippen LogP contribution in [-0.4, -0.2) is 67.1 Å². The standard InChI is InChI=1S/C20H32O3S6/c1-15(2)18(21)27-11-8-24-6-7-26-14-17(5)20(23)29-13-10-25-9-12-28-19(22)16(3)4/h17H,1,3,6-14H2,2,4-5H3. The molecule has 0 fully saturated rings. The number of carbonyl (C=O) groups excluding carboxylic acids is 3. The summed E-state index contributed by atoms with van der Waals surface area (Å²) in [6, 6.07) is 0. The Hall–Kier alpha value is 0.590. The van der Waals surface area contributed by atoms with Crippen LogP contribution in [0, 0.1) is 5.92 Å². The molecule has 0 rings (SSSR count).